The van der Waals surface area contributed by atoms with Gasteiger partial charge in [0.15, 0.2) is 0 Å². The van der Waals surface area contributed by atoms with Gasteiger partial charge >= 0.3 is 0 Å². The van der Waals surface area contributed by atoms with Crippen LogP contribution in [0.1, 0.15) is 48.8 Å². The van der Waals surface area contributed by atoms with Crippen molar-refractivity contribution in [2.24, 2.45) is 0 Å². The number of hydrogen-bond donors (Lipinski definition) is 1. The number of nitriles is 1. The molecular weight excluding hydrogens is 452 g/mol. The zero-order chi connectivity index (χ0) is 24.2. The fraction of sp³-hybridized carbons (Fsp3) is 0.308. The first-order valence-corrected chi connectivity index (χ1v) is 11.6. The minimum atomic E-state index is -0.503. The maximum atomic E-state index is 13.4. The second kappa shape index (κ2) is 10.1. The van der Waals surface area contributed by atoms with Gasteiger partial charge in [0.2, 0.25) is 5.88 Å². The Morgan fingerprint density at radius 3 is 2.71 bits per heavy atom. The summed E-state index contributed by atoms with van der Waals surface area (Å²) in [6.07, 6.45) is 7.87. The number of aryl methyl sites for hydroxylation is 2. The molecule has 1 aliphatic rings. The monoisotopic (exact) mass is 476 g/mol. The fourth-order valence-corrected chi connectivity index (χ4v) is 4.21. The summed E-state index contributed by atoms with van der Waals surface area (Å²) in [5.41, 5.74) is 1.42. The van der Waals surface area contributed by atoms with Crippen molar-refractivity contribution < 1.29 is 9.53 Å². The highest BCUT2D eigenvalue weighted by Gasteiger charge is 2.21. The molecule has 1 aromatic carbocycles. The van der Waals surface area contributed by atoms with E-state index in [4.69, 9.17) is 16.3 Å². The Morgan fingerprint density at radius 1 is 1.24 bits per heavy atom. The highest BCUT2D eigenvalue weighted by atomic mass is 35.5. The molecule has 4 rings (SSSR count). The molecule has 0 atom stereocenters. The van der Waals surface area contributed by atoms with Crippen molar-refractivity contribution in [2.45, 2.75) is 52.0 Å². The molecule has 1 fully saturated rings. The summed E-state index contributed by atoms with van der Waals surface area (Å²) in [5.74, 6) is -0.0535. The van der Waals surface area contributed by atoms with Gasteiger partial charge < -0.3 is 10.1 Å². The van der Waals surface area contributed by atoms with Crippen molar-refractivity contribution in [3.63, 3.8) is 0 Å². The van der Waals surface area contributed by atoms with Gasteiger partial charge in [-0.15, -0.1) is 0 Å². The number of aromatic nitrogens is 2. The second-order valence-electron chi connectivity index (χ2n) is 8.51. The third-order valence-electron chi connectivity index (χ3n) is 5.99. The van der Waals surface area contributed by atoms with E-state index in [9.17, 15) is 14.9 Å². The maximum Gasteiger partial charge on any atom is 0.269 e. The molecule has 0 aliphatic heterocycles. The molecule has 0 saturated heterocycles. The first-order chi connectivity index (χ1) is 16.4. The molecule has 7 nitrogen and oxygen atoms in total. The minimum Gasteiger partial charge on any atom is -0.438 e. The zero-order valence-corrected chi connectivity index (χ0v) is 19.9. The van der Waals surface area contributed by atoms with Crippen LogP contribution in [0.5, 0.6) is 11.6 Å². The number of amides is 1. The number of carbonyl (C=O) groups excluding carboxylic acids is 1. The molecular formula is C26H25ClN4O3. The number of hydrogen-bond acceptors (Lipinski definition) is 5. The summed E-state index contributed by atoms with van der Waals surface area (Å²) < 4.78 is 7.38. The standard InChI is InChI=1S/C26H25ClN4O3/c1-16-7-6-12-31-23(16)30-25(34-20-10-11-22(27)17(2)13-20)21(26(31)33)14-18(15-28)24(32)29-19-8-4-3-5-9-19/h6-7,10-14,19H,3-5,8-9H2,1-2H3,(H,29,32). The molecule has 3 aromatic rings. The first-order valence-electron chi connectivity index (χ1n) is 11.3. The lowest BCUT2D eigenvalue weighted by atomic mass is 9.95. The first kappa shape index (κ1) is 23.5. The van der Waals surface area contributed by atoms with Gasteiger partial charge in [0.1, 0.15) is 28.6 Å². The number of pyridine rings is 1. The number of carbonyl (C=O) groups is 1. The zero-order valence-electron chi connectivity index (χ0n) is 19.1. The molecule has 1 N–H and O–H groups in total. The molecule has 34 heavy (non-hydrogen) atoms. The van der Waals surface area contributed by atoms with Crippen LogP contribution < -0.4 is 15.6 Å². The van der Waals surface area contributed by atoms with Crippen LogP contribution in [0, 0.1) is 25.2 Å². The molecule has 1 saturated carbocycles. The Hall–Kier alpha value is -3.63. The van der Waals surface area contributed by atoms with Crippen LogP contribution in [0.3, 0.4) is 0 Å². The number of fused-ring (bicyclic) bond motifs is 1. The van der Waals surface area contributed by atoms with Crippen LogP contribution in [0.15, 0.2) is 46.9 Å². The minimum absolute atomic E-state index is 0.0132. The summed E-state index contributed by atoms with van der Waals surface area (Å²) in [5, 5.41) is 13.2. The highest BCUT2D eigenvalue weighted by molar-refractivity contribution is 6.31. The molecule has 1 aliphatic carbocycles. The van der Waals surface area contributed by atoms with Gasteiger partial charge in [-0.25, -0.2) is 0 Å². The average Bonchev–Trinajstić information content (AvgIpc) is 2.82. The molecule has 2 heterocycles. The molecule has 174 valence electrons. The lowest BCUT2D eigenvalue weighted by Crippen LogP contribution is -2.36. The van der Waals surface area contributed by atoms with Crippen molar-refractivity contribution in [1.82, 2.24) is 14.7 Å². The van der Waals surface area contributed by atoms with Crippen molar-refractivity contribution in [2.75, 3.05) is 0 Å². The normalized spacial score (nSPS) is 14.6. The SMILES string of the molecule is Cc1cc(Oc2nc3c(C)cccn3c(=O)c2C=C(C#N)C(=O)NC2CCCCC2)ccc1Cl. The average molecular weight is 477 g/mol. The lowest BCUT2D eigenvalue weighted by molar-refractivity contribution is -0.117. The van der Waals surface area contributed by atoms with Gasteiger partial charge in [-0.1, -0.05) is 36.9 Å². The number of nitrogens with zero attached hydrogens (tertiary/aromatic N) is 3. The van der Waals surface area contributed by atoms with Crippen LogP contribution in [-0.2, 0) is 4.79 Å². The Kier molecular flexibility index (Phi) is 6.99. The van der Waals surface area contributed by atoms with E-state index in [0.717, 1.165) is 43.2 Å². The largest absolute Gasteiger partial charge is 0.438 e. The van der Waals surface area contributed by atoms with Crippen LogP contribution in [0.25, 0.3) is 11.7 Å². The molecule has 0 unspecified atom stereocenters. The van der Waals surface area contributed by atoms with Gasteiger partial charge in [0, 0.05) is 17.3 Å². The lowest BCUT2D eigenvalue weighted by Gasteiger charge is -2.22. The van der Waals surface area contributed by atoms with E-state index in [0.29, 0.717) is 16.4 Å². The summed E-state index contributed by atoms with van der Waals surface area (Å²) in [6.45, 7) is 3.68. The quantitative estimate of drug-likeness (QED) is 0.407. The Morgan fingerprint density at radius 2 is 2.00 bits per heavy atom. The predicted octanol–water partition coefficient (Wildman–Crippen LogP) is 5.11. The third kappa shape index (κ3) is 4.97. The Bertz CT molecular complexity index is 1380. The molecule has 2 aromatic heterocycles. The van der Waals surface area contributed by atoms with Crippen LogP contribution in [-0.4, -0.2) is 21.3 Å². The molecule has 0 spiro atoms. The van der Waals surface area contributed by atoms with Crippen LogP contribution >= 0.6 is 11.6 Å². The van der Waals surface area contributed by atoms with Crippen molar-refractivity contribution in [1.29, 1.82) is 5.26 Å². The number of halogens is 1. The smallest absolute Gasteiger partial charge is 0.269 e. The van der Waals surface area contributed by atoms with Crippen molar-refractivity contribution in [3.8, 4) is 17.7 Å². The van der Waals surface area contributed by atoms with Crippen LogP contribution in [0.4, 0.5) is 0 Å². The summed E-state index contributed by atoms with van der Waals surface area (Å²) in [7, 11) is 0. The van der Waals surface area contributed by atoms with E-state index >= 15 is 0 Å². The Labute approximate surface area is 202 Å². The van der Waals surface area contributed by atoms with E-state index in [1.54, 1.807) is 30.5 Å². The van der Waals surface area contributed by atoms with Crippen LogP contribution in [0.2, 0.25) is 5.02 Å². The predicted molar refractivity (Wildman–Crippen MR) is 131 cm³/mol. The van der Waals surface area contributed by atoms with E-state index in [1.807, 2.05) is 26.0 Å². The van der Waals surface area contributed by atoms with Gasteiger partial charge in [0.25, 0.3) is 11.5 Å². The number of rotatable bonds is 5. The summed E-state index contributed by atoms with van der Waals surface area (Å²) >= 11 is 6.13. The maximum absolute atomic E-state index is 13.4. The van der Waals surface area contributed by atoms with Gasteiger partial charge in [-0.3, -0.25) is 14.0 Å². The third-order valence-corrected chi connectivity index (χ3v) is 6.41. The Balaban J connectivity index is 1.80. The van der Waals surface area contributed by atoms with Gasteiger partial charge in [0.05, 0.1) is 0 Å². The van der Waals surface area contributed by atoms with E-state index in [2.05, 4.69) is 10.3 Å². The van der Waals surface area contributed by atoms with Crippen molar-refractivity contribution >= 4 is 29.2 Å². The number of benzene rings is 1. The molecule has 0 bridgehead atoms. The van der Waals surface area contributed by atoms with E-state index in [1.165, 1.54) is 10.5 Å². The summed E-state index contributed by atoms with van der Waals surface area (Å²) in [4.78, 5) is 30.8. The molecule has 8 heteroatoms. The fourth-order valence-electron chi connectivity index (χ4n) is 4.09. The van der Waals surface area contributed by atoms with Crippen molar-refractivity contribution in [3.05, 3.63) is 74.2 Å². The topological polar surface area (TPSA) is 96.5 Å². The van der Waals surface area contributed by atoms with Gasteiger partial charge in [-0.2, -0.15) is 10.2 Å². The van der Waals surface area contributed by atoms with Gasteiger partial charge in [-0.05, 0) is 68.2 Å². The highest BCUT2D eigenvalue weighted by Crippen LogP contribution is 2.28. The van der Waals surface area contributed by atoms with E-state index in [-0.39, 0.29) is 23.1 Å². The number of ether oxygens (including phenoxy) is 1. The molecule has 1 amide bonds. The molecule has 0 radical (unpaired) electrons. The number of nitrogens with one attached hydrogen (secondary N) is 1. The summed E-state index contributed by atoms with van der Waals surface area (Å²) in [6, 6.07) is 10.6. The second-order valence-corrected chi connectivity index (χ2v) is 8.92. The van der Waals surface area contributed by atoms with E-state index < -0.39 is 11.5 Å².